The van der Waals surface area contributed by atoms with Crippen LogP contribution in [0, 0.1) is 6.92 Å². The van der Waals surface area contributed by atoms with Gasteiger partial charge in [-0.2, -0.15) is 0 Å². The molecule has 0 spiro atoms. The standard InChI is InChI=1S/C25H25N3O3S/c1-15(2)19-7-5-6-16(3)23(19)27-22(29)13-28-14-26-20-12-21(32-24(20)25(28)30)17-8-10-18(31-4)11-9-17/h5-12,14-15H,13H2,1-4H3,(H,27,29)/p+1. The zero-order valence-electron chi connectivity index (χ0n) is 18.6. The number of ether oxygens (including phenoxy) is 1. The molecule has 1 unspecified atom stereocenters. The molecule has 2 N–H and O–H groups in total. The summed E-state index contributed by atoms with van der Waals surface area (Å²) in [7, 11) is 1.63. The Morgan fingerprint density at radius 3 is 2.62 bits per heavy atom. The van der Waals surface area contributed by atoms with Crippen LogP contribution in [0.5, 0.6) is 5.75 Å². The van der Waals surface area contributed by atoms with Crippen molar-refractivity contribution in [3.05, 3.63) is 64.5 Å². The number of hydrogen-bond acceptors (Lipinski definition) is 5. The monoisotopic (exact) mass is 448 g/mol. The lowest BCUT2D eigenvalue weighted by atomic mass is 9.98. The summed E-state index contributed by atoms with van der Waals surface area (Å²) in [5.74, 6) is 0.705. The topological polar surface area (TPSA) is 72.2 Å². The van der Waals surface area contributed by atoms with Crippen molar-refractivity contribution in [3.63, 3.8) is 0 Å². The SMILES string of the molecule is COc1ccc(-c2cc3c(s2)C(=O)[NH+](CC(=O)Nc2c(C)cccc2C(C)C)C=N3)cc1. The number of hydrogen-bond donors (Lipinski definition) is 2. The lowest BCUT2D eigenvalue weighted by Gasteiger charge is -2.18. The number of thiophene rings is 1. The second kappa shape index (κ2) is 9.06. The fraction of sp³-hybridized carbons (Fsp3) is 0.240. The van der Waals surface area contributed by atoms with Crippen LogP contribution in [-0.2, 0) is 4.79 Å². The number of nitrogens with zero attached hydrogens (tertiary/aromatic N) is 1. The molecule has 0 fully saturated rings. The molecule has 2 heterocycles. The summed E-state index contributed by atoms with van der Waals surface area (Å²) in [6, 6.07) is 15.6. The van der Waals surface area contributed by atoms with Gasteiger partial charge >= 0.3 is 5.91 Å². The number of fused-ring (bicyclic) bond motifs is 1. The number of quaternary nitrogens is 1. The van der Waals surface area contributed by atoms with Gasteiger partial charge in [0.25, 0.3) is 5.91 Å². The highest BCUT2D eigenvalue weighted by molar-refractivity contribution is 7.18. The molecule has 3 aromatic rings. The Morgan fingerprint density at radius 1 is 1.19 bits per heavy atom. The molecular weight excluding hydrogens is 422 g/mol. The predicted octanol–water partition coefficient (Wildman–Crippen LogP) is 4.19. The second-order valence-corrected chi connectivity index (χ2v) is 9.14. The number of benzene rings is 2. The van der Waals surface area contributed by atoms with Crippen LogP contribution >= 0.6 is 11.3 Å². The van der Waals surface area contributed by atoms with Gasteiger partial charge in [0, 0.05) is 10.6 Å². The van der Waals surface area contributed by atoms with Gasteiger partial charge in [-0.05, 0) is 59.9 Å². The molecule has 164 valence electrons. The number of aryl methyl sites for hydroxylation is 1. The normalized spacial score (nSPS) is 15.0. The molecule has 4 rings (SSSR count). The van der Waals surface area contributed by atoms with Gasteiger partial charge in [0.2, 0.25) is 0 Å². The van der Waals surface area contributed by atoms with Crippen LogP contribution in [0.1, 0.15) is 40.6 Å². The van der Waals surface area contributed by atoms with Crippen LogP contribution in [0.25, 0.3) is 10.4 Å². The highest BCUT2D eigenvalue weighted by Crippen LogP contribution is 2.37. The number of methoxy groups -OCH3 is 1. The van der Waals surface area contributed by atoms with Gasteiger partial charge in [0.15, 0.2) is 17.8 Å². The zero-order valence-corrected chi connectivity index (χ0v) is 19.4. The first-order chi connectivity index (χ1) is 15.4. The third kappa shape index (κ3) is 4.35. The second-order valence-electron chi connectivity index (χ2n) is 8.08. The van der Waals surface area contributed by atoms with Crippen molar-refractivity contribution < 1.29 is 19.2 Å². The van der Waals surface area contributed by atoms with Crippen LogP contribution < -0.4 is 15.0 Å². The maximum Gasteiger partial charge on any atom is 0.362 e. The zero-order chi connectivity index (χ0) is 22.8. The van der Waals surface area contributed by atoms with Crippen molar-refractivity contribution in [3.8, 4) is 16.2 Å². The first-order valence-corrected chi connectivity index (χ1v) is 11.3. The molecule has 1 atom stereocenters. The van der Waals surface area contributed by atoms with Crippen LogP contribution in [0.4, 0.5) is 11.4 Å². The highest BCUT2D eigenvalue weighted by atomic mass is 32.1. The lowest BCUT2D eigenvalue weighted by Crippen LogP contribution is -3.15. The molecule has 0 saturated heterocycles. The Bertz CT molecular complexity index is 1200. The van der Waals surface area contributed by atoms with Gasteiger partial charge < -0.3 is 10.1 Å². The van der Waals surface area contributed by atoms with E-state index < -0.39 is 0 Å². The van der Waals surface area contributed by atoms with Crippen molar-refractivity contribution in [2.24, 2.45) is 4.99 Å². The molecule has 0 radical (unpaired) electrons. The Hall–Kier alpha value is -3.29. The molecule has 2 aromatic carbocycles. The molecule has 0 saturated carbocycles. The molecule has 32 heavy (non-hydrogen) atoms. The van der Waals surface area contributed by atoms with Crippen molar-refractivity contribution in [1.29, 1.82) is 0 Å². The highest BCUT2D eigenvalue weighted by Gasteiger charge is 2.32. The number of carbonyl (C=O) groups is 2. The minimum Gasteiger partial charge on any atom is -0.497 e. The summed E-state index contributed by atoms with van der Waals surface area (Å²) in [5, 5.41) is 3.01. The average molecular weight is 449 g/mol. The van der Waals surface area contributed by atoms with Crippen molar-refractivity contribution in [1.82, 2.24) is 0 Å². The predicted molar refractivity (Wildman–Crippen MR) is 129 cm³/mol. The summed E-state index contributed by atoms with van der Waals surface area (Å²) in [4.78, 5) is 32.2. The van der Waals surface area contributed by atoms with E-state index in [1.54, 1.807) is 7.11 Å². The van der Waals surface area contributed by atoms with E-state index in [2.05, 4.69) is 24.2 Å². The van der Waals surface area contributed by atoms with Gasteiger partial charge in [-0.25, -0.2) is 14.7 Å². The molecule has 1 aliphatic heterocycles. The number of para-hydroxylation sites is 1. The number of amides is 2. The molecule has 0 bridgehead atoms. The Morgan fingerprint density at radius 2 is 1.94 bits per heavy atom. The maximum absolute atomic E-state index is 13.1. The van der Waals surface area contributed by atoms with Crippen LogP contribution in [0.15, 0.2) is 53.5 Å². The minimum atomic E-state index is -0.216. The van der Waals surface area contributed by atoms with Crippen LogP contribution in [0.3, 0.4) is 0 Å². The van der Waals surface area contributed by atoms with Gasteiger partial charge in [-0.1, -0.05) is 32.0 Å². The summed E-state index contributed by atoms with van der Waals surface area (Å²) < 4.78 is 5.21. The van der Waals surface area contributed by atoms with E-state index >= 15 is 0 Å². The van der Waals surface area contributed by atoms with Crippen LogP contribution in [-0.4, -0.2) is 31.8 Å². The number of rotatable bonds is 6. The minimum absolute atomic E-state index is 0.0105. The molecule has 1 aliphatic rings. The quantitative estimate of drug-likeness (QED) is 0.594. The third-order valence-electron chi connectivity index (χ3n) is 5.49. The molecule has 1 aromatic heterocycles. The Labute approximate surface area is 191 Å². The van der Waals surface area contributed by atoms with E-state index in [9.17, 15) is 9.59 Å². The summed E-state index contributed by atoms with van der Waals surface area (Å²) in [6.45, 7) is 6.15. The number of nitrogens with one attached hydrogen (secondary N) is 2. The number of carbonyl (C=O) groups excluding carboxylic acids is 2. The van der Waals surface area contributed by atoms with E-state index in [1.807, 2.05) is 55.5 Å². The van der Waals surface area contributed by atoms with Crippen molar-refractivity contribution >= 4 is 40.9 Å². The van der Waals surface area contributed by atoms with E-state index in [1.165, 1.54) is 17.7 Å². The average Bonchev–Trinajstić information content (AvgIpc) is 3.22. The fourth-order valence-electron chi connectivity index (χ4n) is 3.71. The van der Waals surface area contributed by atoms with E-state index in [0.29, 0.717) is 15.5 Å². The summed E-state index contributed by atoms with van der Waals surface area (Å²) in [6.07, 6.45) is 1.52. The third-order valence-corrected chi connectivity index (χ3v) is 6.66. The Balaban J connectivity index is 1.50. The first kappa shape index (κ1) is 21.9. The first-order valence-electron chi connectivity index (χ1n) is 10.5. The number of aliphatic imine (C=N–C) groups is 1. The van der Waals surface area contributed by atoms with Gasteiger partial charge in [-0.15, -0.1) is 11.3 Å². The van der Waals surface area contributed by atoms with E-state index in [0.717, 1.165) is 33.0 Å². The molecule has 7 heteroatoms. The maximum atomic E-state index is 13.1. The number of anilines is 1. The molecule has 2 amide bonds. The Kier molecular flexibility index (Phi) is 6.21. The molecule has 0 aliphatic carbocycles. The lowest BCUT2D eigenvalue weighted by molar-refractivity contribution is -0.694. The molecule has 6 nitrogen and oxygen atoms in total. The fourth-order valence-corrected chi connectivity index (χ4v) is 4.80. The summed E-state index contributed by atoms with van der Waals surface area (Å²) >= 11 is 1.40. The van der Waals surface area contributed by atoms with Gasteiger partial charge in [0.1, 0.15) is 5.75 Å². The largest absolute Gasteiger partial charge is 0.497 e. The van der Waals surface area contributed by atoms with E-state index in [-0.39, 0.29) is 24.3 Å². The van der Waals surface area contributed by atoms with Crippen molar-refractivity contribution in [2.75, 3.05) is 19.0 Å². The van der Waals surface area contributed by atoms with Crippen LogP contribution in [0.2, 0.25) is 0 Å². The smallest absolute Gasteiger partial charge is 0.362 e. The summed E-state index contributed by atoms with van der Waals surface area (Å²) in [5.41, 5.74) is 4.55. The van der Waals surface area contributed by atoms with Gasteiger partial charge in [0.05, 0.1) is 12.8 Å². The molecular formula is C25H26N3O3S+. The van der Waals surface area contributed by atoms with E-state index in [4.69, 9.17) is 4.74 Å². The van der Waals surface area contributed by atoms with Gasteiger partial charge in [-0.3, -0.25) is 4.79 Å². The van der Waals surface area contributed by atoms with Crippen molar-refractivity contribution in [2.45, 2.75) is 26.7 Å².